The molecule has 146 valence electrons. The molecule has 2 rings (SSSR count). The quantitative estimate of drug-likeness (QED) is 0.319. The maximum Gasteiger partial charge on any atom is -0.0139 e. The van der Waals surface area contributed by atoms with E-state index in [0.29, 0.717) is 5.41 Å². The third-order valence-electron chi connectivity index (χ3n) is 5.78. The van der Waals surface area contributed by atoms with Gasteiger partial charge >= 0.3 is 0 Å². The molecule has 0 aromatic rings. The molecule has 0 spiro atoms. The molecular weight excluding hydrogens is 300 g/mol. The second-order valence-corrected chi connectivity index (χ2v) is 8.18. The molecule has 1 saturated carbocycles. The van der Waals surface area contributed by atoms with Gasteiger partial charge in [-0.15, -0.1) is 6.58 Å². The van der Waals surface area contributed by atoms with Crippen LogP contribution >= 0.6 is 0 Å². The molecule has 0 heterocycles. The van der Waals surface area contributed by atoms with Crippen molar-refractivity contribution in [2.45, 2.75) is 99.3 Å². The van der Waals surface area contributed by atoms with Gasteiger partial charge in [0.2, 0.25) is 0 Å². The molecule has 0 aliphatic heterocycles. The van der Waals surface area contributed by atoms with Crippen molar-refractivity contribution >= 4 is 0 Å². The summed E-state index contributed by atoms with van der Waals surface area (Å²) in [5.41, 5.74) is 0.694. The van der Waals surface area contributed by atoms with Crippen LogP contribution in [0.1, 0.15) is 99.3 Å². The van der Waals surface area contributed by atoms with Gasteiger partial charge in [-0.25, -0.2) is 0 Å². The summed E-state index contributed by atoms with van der Waals surface area (Å²) < 4.78 is 0. The molecule has 0 N–H and O–H groups in total. The predicted molar refractivity (Wildman–Crippen MR) is 117 cm³/mol. The minimum absolute atomic E-state index is 0.694. The molecule has 1 fully saturated rings. The number of hydrogen-bond donors (Lipinski definition) is 0. The van der Waals surface area contributed by atoms with Gasteiger partial charge in [0.25, 0.3) is 0 Å². The molecule has 25 heavy (non-hydrogen) atoms. The molecule has 2 aliphatic carbocycles. The van der Waals surface area contributed by atoms with Gasteiger partial charge < -0.3 is 0 Å². The van der Waals surface area contributed by atoms with Gasteiger partial charge in [-0.3, -0.25) is 0 Å². The van der Waals surface area contributed by atoms with Crippen molar-refractivity contribution < 1.29 is 0 Å². The largest absolute Gasteiger partial charge is 0.103 e. The van der Waals surface area contributed by atoms with Gasteiger partial charge in [0, 0.05) is 0 Å². The van der Waals surface area contributed by atoms with Crippen LogP contribution in [-0.4, -0.2) is 0 Å². The van der Waals surface area contributed by atoms with Crippen LogP contribution in [0.3, 0.4) is 0 Å². The van der Waals surface area contributed by atoms with E-state index in [1.807, 2.05) is 19.9 Å². The highest BCUT2D eigenvalue weighted by Gasteiger charge is 2.24. The average molecular weight is 347 g/mol. The number of rotatable bonds is 7. The lowest BCUT2D eigenvalue weighted by molar-refractivity contribution is 0.282. The second-order valence-electron chi connectivity index (χ2n) is 8.18. The Morgan fingerprint density at radius 2 is 1.68 bits per heavy atom. The Hall–Kier alpha value is -0.780. The van der Waals surface area contributed by atoms with Crippen LogP contribution in [0.4, 0.5) is 0 Å². The zero-order valence-corrected chi connectivity index (χ0v) is 18.2. The molecule has 0 amide bonds. The van der Waals surface area contributed by atoms with Crippen LogP contribution in [-0.2, 0) is 0 Å². The minimum atomic E-state index is 0.694. The molecule has 3 unspecified atom stereocenters. The lowest BCUT2D eigenvalue weighted by atomic mass is 9.75. The van der Waals surface area contributed by atoms with Crippen LogP contribution in [0.25, 0.3) is 0 Å². The number of hydrogen-bond acceptors (Lipinski definition) is 0. The second kappa shape index (κ2) is 14.4. The normalized spacial score (nSPS) is 24.6. The summed E-state index contributed by atoms with van der Waals surface area (Å²) in [6.45, 7) is 17.2. The highest BCUT2D eigenvalue weighted by atomic mass is 14.3. The Labute approximate surface area is 159 Å². The molecule has 0 aromatic carbocycles. The third kappa shape index (κ3) is 10.1. The van der Waals surface area contributed by atoms with Crippen LogP contribution in [0.15, 0.2) is 37.0 Å². The molecule has 2 aliphatic rings. The fourth-order valence-electron chi connectivity index (χ4n) is 4.11. The summed E-state index contributed by atoms with van der Waals surface area (Å²) in [6, 6.07) is 0. The molecule has 0 radical (unpaired) electrons. The van der Waals surface area contributed by atoms with Gasteiger partial charge in [0.1, 0.15) is 0 Å². The fraction of sp³-hybridized carbons (Fsp3) is 0.760. The molecule has 0 heteroatoms. The van der Waals surface area contributed by atoms with E-state index in [9.17, 15) is 0 Å². The fourth-order valence-corrected chi connectivity index (χ4v) is 4.11. The van der Waals surface area contributed by atoms with Crippen LogP contribution < -0.4 is 0 Å². The van der Waals surface area contributed by atoms with Crippen molar-refractivity contribution in [2.24, 2.45) is 23.2 Å². The van der Waals surface area contributed by atoms with Crippen molar-refractivity contribution in [2.75, 3.05) is 0 Å². The van der Waals surface area contributed by atoms with Crippen molar-refractivity contribution in [3.63, 3.8) is 0 Å². The van der Waals surface area contributed by atoms with E-state index in [2.05, 4.69) is 58.6 Å². The Kier molecular flexibility index (Phi) is 13.9. The monoisotopic (exact) mass is 346 g/mol. The van der Waals surface area contributed by atoms with Gasteiger partial charge in [-0.05, 0) is 61.7 Å². The first-order chi connectivity index (χ1) is 12.0. The molecule has 0 bridgehead atoms. The molecule has 0 aromatic heterocycles. The van der Waals surface area contributed by atoms with Gasteiger partial charge in [-0.2, -0.15) is 0 Å². The topological polar surface area (TPSA) is 0 Å². The first-order valence-corrected chi connectivity index (χ1v) is 11.0. The highest BCUT2D eigenvalue weighted by Crippen LogP contribution is 2.36. The van der Waals surface area contributed by atoms with E-state index in [-0.39, 0.29) is 0 Å². The Balaban J connectivity index is 0.000000530. The summed E-state index contributed by atoms with van der Waals surface area (Å²) in [6.07, 6.45) is 23.5. The lowest BCUT2D eigenvalue weighted by Crippen LogP contribution is -2.21. The van der Waals surface area contributed by atoms with Gasteiger partial charge in [0.05, 0.1) is 0 Å². The third-order valence-corrected chi connectivity index (χ3v) is 5.78. The Morgan fingerprint density at radius 3 is 2.12 bits per heavy atom. The summed E-state index contributed by atoms with van der Waals surface area (Å²) in [4.78, 5) is 0. The van der Waals surface area contributed by atoms with E-state index in [0.717, 1.165) is 17.8 Å². The van der Waals surface area contributed by atoms with Crippen molar-refractivity contribution in [3.8, 4) is 0 Å². The average Bonchev–Trinajstić information content (AvgIpc) is 3.05. The predicted octanol–water partition coefficient (Wildman–Crippen LogP) is 8.75. The van der Waals surface area contributed by atoms with Gasteiger partial charge in [0.15, 0.2) is 0 Å². The SMILES string of the molecule is C=CCCCC(CC)C1C=CC=CC1CC.CC.CC1(C)CCCC1. The standard InChI is InChI=1S/C16H26.C7H14.C2H6/c1-4-7-8-11-14(5-2)16-13-10-9-12-15(16)6-3;1-7(2)5-3-4-6-7;1-2/h4,9-10,12-16H,1,5-8,11H2,2-3H3;3-6H2,1-2H3;1-2H3. The van der Waals surface area contributed by atoms with E-state index >= 15 is 0 Å². The smallest absolute Gasteiger partial charge is 0.0139 e. The number of unbranched alkanes of at least 4 members (excludes halogenated alkanes) is 1. The van der Waals surface area contributed by atoms with Crippen molar-refractivity contribution in [1.82, 2.24) is 0 Å². The molecule has 0 saturated heterocycles. The maximum absolute atomic E-state index is 3.80. The molecule has 3 atom stereocenters. The number of allylic oxidation sites excluding steroid dienone is 5. The Morgan fingerprint density at radius 1 is 1.08 bits per heavy atom. The van der Waals surface area contributed by atoms with E-state index in [1.165, 1.54) is 57.8 Å². The first kappa shape index (κ1) is 24.2. The summed E-state index contributed by atoms with van der Waals surface area (Å²) in [5.74, 6) is 2.38. The summed E-state index contributed by atoms with van der Waals surface area (Å²) >= 11 is 0. The van der Waals surface area contributed by atoms with E-state index in [1.54, 1.807) is 0 Å². The van der Waals surface area contributed by atoms with E-state index < -0.39 is 0 Å². The first-order valence-electron chi connectivity index (χ1n) is 11.0. The van der Waals surface area contributed by atoms with Crippen molar-refractivity contribution in [3.05, 3.63) is 37.0 Å². The molecular formula is C25H46. The Bertz CT molecular complexity index is 363. The van der Waals surface area contributed by atoms with Crippen LogP contribution in [0.2, 0.25) is 0 Å². The zero-order valence-electron chi connectivity index (χ0n) is 18.2. The lowest BCUT2D eigenvalue weighted by Gasteiger charge is -2.30. The minimum Gasteiger partial charge on any atom is -0.103 e. The van der Waals surface area contributed by atoms with Crippen LogP contribution in [0.5, 0.6) is 0 Å². The zero-order chi connectivity index (χ0) is 19.1. The summed E-state index contributed by atoms with van der Waals surface area (Å²) in [5, 5.41) is 0. The maximum atomic E-state index is 3.80. The summed E-state index contributed by atoms with van der Waals surface area (Å²) in [7, 11) is 0. The van der Waals surface area contributed by atoms with E-state index in [4.69, 9.17) is 0 Å². The van der Waals surface area contributed by atoms with Crippen LogP contribution in [0, 0.1) is 23.2 Å². The van der Waals surface area contributed by atoms with Gasteiger partial charge in [-0.1, -0.05) is 91.2 Å². The highest BCUT2D eigenvalue weighted by molar-refractivity contribution is 5.15. The van der Waals surface area contributed by atoms with Crippen molar-refractivity contribution in [1.29, 1.82) is 0 Å². The molecule has 0 nitrogen and oxygen atoms in total.